The lowest BCUT2D eigenvalue weighted by molar-refractivity contribution is -0.136. The molecule has 0 bridgehead atoms. The molecule has 29 heavy (non-hydrogen) atoms. The molecule has 1 unspecified atom stereocenters. The fourth-order valence-electron chi connectivity index (χ4n) is 3.79. The van der Waals surface area contributed by atoms with Gasteiger partial charge in [-0.15, -0.1) is 0 Å². The minimum Gasteiger partial charge on any atom is -0.481 e. The maximum Gasteiger partial charge on any atom is 0.303 e. The normalized spacial score (nSPS) is 21.9. The van der Waals surface area contributed by atoms with Crippen LogP contribution in [-0.4, -0.2) is 25.5 Å². The van der Waals surface area contributed by atoms with Crippen molar-refractivity contribution >= 4 is 27.6 Å². The van der Waals surface area contributed by atoms with Gasteiger partial charge >= 0.3 is 5.97 Å². The number of carboxylic acid groups (broad SMARTS) is 1. The molecule has 2 aliphatic carbocycles. The van der Waals surface area contributed by atoms with Gasteiger partial charge in [0.05, 0.1) is 0 Å². The quantitative estimate of drug-likeness (QED) is 0.666. The molecule has 3 rings (SSSR count). The molecule has 0 spiro atoms. The zero-order chi connectivity index (χ0) is 21.0. The number of aryl methyl sites for hydroxylation is 1. The summed E-state index contributed by atoms with van der Waals surface area (Å²) in [6.45, 7) is 1.99. The van der Waals surface area contributed by atoms with Crippen molar-refractivity contribution in [1.82, 2.24) is 4.72 Å². The Balaban J connectivity index is 1.79. The van der Waals surface area contributed by atoms with Crippen molar-refractivity contribution in [2.45, 2.75) is 51.5 Å². The Morgan fingerprint density at radius 1 is 1.38 bits per heavy atom. The Labute approximate surface area is 176 Å². The van der Waals surface area contributed by atoms with E-state index >= 15 is 0 Å². The van der Waals surface area contributed by atoms with E-state index < -0.39 is 16.0 Å². The van der Waals surface area contributed by atoms with Gasteiger partial charge in [0.2, 0.25) is 10.0 Å². The van der Waals surface area contributed by atoms with Gasteiger partial charge in [-0.05, 0) is 73.1 Å². The average molecular weight is 434 g/mol. The number of allylic oxidation sites excluding steroid dienone is 4. The molecular weight excluding hydrogens is 410 g/mol. The maximum atomic E-state index is 12.8. The minimum absolute atomic E-state index is 0.0924. The molecule has 7 heteroatoms. The van der Waals surface area contributed by atoms with E-state index in [-0.39, 0.29) is 17.4 Å². The van der Waals surface area contributed by atoms with Gasteiger partial charge in [-0.3, -0.25) is 4.79 Å². The predicted octanol–water partition coefficient (Wildman–Crippen LogP) is 3.91. The van der Waals surface area contributed by atoms with Crippen molar-refractivity contribution in [3.63, 3.8) is 0 Å². The molecule has 5 nitrogen and oxygen atoms in total. The molecule has 0 saturated carbocycles. The largest absolute Gasteiger partial charge is 0.481 e. The molecule has 154 valence electrons. The molecule has 0 fully saturated rings. The van der Waals surface area contributed by atoms with Crippen molar-refractivity contribution in [2.75, 3.05) is 0 Å². The van der Waals surface area contributed by atoms with E-state index in [0.29, 0.717) is 30.7 Å². The maximum absolute atomic E-state index is 12.8. The lowest BCUT2D eigenvalue weighted by atomic mass is 9.83. The summed E-state index contributed by atoms with van der Waals surface area (Å²) < 4.78 is 28.4. The fourth-order valence-corrected chi connectivity index (χ4v) is 5.20. The van der Waals surface area contributed by atoms with Crippen molar-refractivity contribution < 1.29 is 18.3 Å². The van der Waals surface area contributed by atoms with Gasteiger partial charge in [-0.1, -0.05) is 35.5 Å². The third kappa shape index (κ3) is 5.49. The van der Waals surface area contributed by atoms with Crippen LogP contribution in [0.15, 0.2) is 52.1 Å². The first kappa shape index (κ1) is 21.6. The van der Waals surface area contributed by atoms with Crippen LogP contribution in [-0.2, 0) is 34.1 Å². The fraction of sp³-hybridized carbons (Fsp3) is 0.364. The van der Waals surface area contributed by atoms with Gasteiger partial charge in [0.15, 0.2) is 0 Å². The molecule has 1 aromatic rings. The standard InChI is InChI=1S/C22H24ClNO4S/c1-15-8-9-16-14-18(10-11-21(16)20(15)12-13-22(25)26)24-29(27,28)19-6-2-4-17(23)5-3-7-19/h2-4,7-9,18,24H,5,10-14H2,1H3,(H,25,26)/b7-3-,17-4+. The lowest BCUT2D eigenvalue weighted by Crippen LogP contribution is -2.39. The first-order valence-electron chi connectivity index (χ1n) is 9.58. The Morgan fingerprint density at radius 3 is 2.93 bits per heavy atom. The molecule has 0 heterocycles. The molecule has 0 saturated heterocycles. The highest BCUT2D eigenvalue weighted by molar-refractivity contribution is 7.93. The second-order valence-electron chi connectivity index (χ2n) is 7.35. The van der Waals surface area contributed by atoms with E-state index in [4.69, 9.17) is 16.7 Å². The van der Waals surface area contributed by atoms with E-state index in [2.05, 4.69) is 10.5 Å². The molecule has 0 radical (unpaired) electrons. The molecule has 1 atom stereocenters. The van der Waals surface area contributed by atoms with Crippen LogP contribution in [0.3, 0.4) is 0 Å². The molecule has 1 aromatic carbocycles. The van der Waals surface area contributed by atoms with Crippen molar-refractivity contribution in [3.05, 3.63) is 74.4 Å². The van der Waals surface area contributed by atoms with Crippen LogP contribution in [0.25, 0.3) is 0 Å². The van der Waals surface area contributed by atoms with Crippen molar-refractivity contribution in [1.29, 1.82) is 0 Å². The number of carbonyl (C=O) groups is 1. The van der Waals surface area contributed by atoms with E-state index in [1.54, 1.807) is 12.2 Å². The number of benzene rings is 1. The number of nitrogens with one attached hydrogen (secondary N) is 1. The number of hydrogen-bond acceptors (Lipinski definition) is 3. The summed E-state index contributed by atoms with van der Waals surface area (Å²) in [5.41, 5.74) is 7.22. The number of sulfonamides is 1. The highest BCUT2D eigenvalue weighted by Crippen LogP contribution is 2.29. The Hall–Kier alpha value is -2.11. The summed E-state index contributed by atoms with van der Waals surface area (Å²) in [4.78, 5) is 11.1. The van der Waals surface area contributed by atoms with Gasteiger partial charge in [0.25, 0.3) is 0 Å². The van der Waals surface area contributed by atoms with Gasteiger partial charge in [0, 0.05) is 23.9 Å². The number of fused-ring (bicyclic) bond motifs is 1. The summed E-state index contributed by atoms with van der Waals surface area (Å²) in [5, 5.41) is 9.63. The first-order valence-corrected chi connectivity index (χ1v) is 11.4. The van der Waals surface area contributed by atoms with Crippen LogP contribution in [0.2, 0.25) is 0 Å². The Bertz CT molecular complexity index is 1050. The zero-order valence-electron chi connectivity index (χ0n) is 16.2. The topological polar surface area (TPSA) is 83.5 Å². The second kappa shape index (κ2) is 9.14. The van der Waals surface area contributed by atoms with Crippen LogP contribution in [0.5, 0.6) is 0 Å². The number of rotatable bonds is 6. The van der Waals surface area contributed by atoms with Crippen molar-refractivity contribution in [2.24, 2.45) is 0 Å². The highest BCUT2D eigenvalue weighted by Gasteiger charge is 2.26. The predicted molar refractivity (Wildman–Crippen MR) is 114 cm³/mol. The number of carboxylic acids is 1. The molecule has 0 aromatic heterocycles. The smallest absolute Gasteiger partial charge is 0.303 e. The summed E-state index contributed by atoms with van der Waals surface area (Å²) in [6, 6.07) is 3.80. The number of halogens is 1. The van der Waals surface area contributed by atoms with Crippen LogP contribution in [0, 0.1) is 6.92 Å². The SMILES string of the molecule is Cc1ccc2c(c1CCC(=O)O)CCC(NS(=O)(=O)C1=C=C/C=C(/Cl)C/C=C\1)C2. The van der Waals surface area contributed by atoms with Crippen LogP contribution in [0.4, 0.5) is 0 Å². The summed E-state index contributed by atoms with van der Waals surface area (Å²) in [6.07, 6.45) is 9.45. The zero-order valence-corrected chi connectivity index (χ0v) is 17.8. The van der Waals surface area contributed by atoms with Gasteiger partial charge < -0.3 is 5.11 Å². The highest BCUT2D eigenvalue weighted by atomic mass is 35.5. The van der Waals surface area contributed by atoms with E-state index in [0.717, 1.165) is 23.1 Å². The lowest BCUT2D eigenvalue weighted by Gasteiger charge is -2.28. The molecular formula is C22H24ClNO4S. The van der Waals surface area contributed by atoms with E-state index in [1.807, 2.05) is 19.1 Å². The van der Waals surface area contributed by atoms with E-state index in [1.165, 1.54) is 17.7 Å². The van der Waals surface area contributed by atoms with Crippen LogP contribution < -0.4 is 4.72 Å². The third-order valence-electron chi connectivity index (χ3n) is 5.24. The summed E-state index contributed by atoms with van der Waals surface area (Å²) in [5.74, 6) is -0.812. The number of aliphatic carboxylic acids is 1. The Kier molecular flexibility index (Phi) is 6.81. The summed E-state index contributed by atoms with van der Waals surface area (Å²) in [7, 11) is -3.69. The third-order valence-corrected chi connectivity index (χ3v) is 7.00. The summed E-state index contributed by atoms with van der Waals surface area (Å²) >= 11 is 5.95. The number of hydrogen-bond donors (Lipinski definition) is 2. The Morgan fingerprint density at radius 2 is 2.17 bits per heavy atom. The van der Waals surface area contributed by atoms with Crippen molar-refractivity contribution in [3.8, 4) is 0 Å². The van der Waals surface area contributed by atoms with Gasteiger partial charge in [-0.2, -0.15) is 0 Å². The molecule has 2 N–H and O–H groups in total. The van der Waals surface area contributed by atoms with E-state index in [9.17, 15) is 13.2 Å². The van der Waals surface area contributed by atoms with Crippen LogP contribution in [0.1, 0.15) is 41.5 Å². The van der Waals surface area contributed by atoms with Gasteiger partial charge in [-0.25, -0.2) is 13.1 Å². The second-order valence-corrected chi connectivity index (χ2v) is 9.52. The van der Waals surface area contributed by atoms with Gasteiger partial charge in [0.1, 0.15) is 4.91 Å². The average Bonchev–Trinajstić information content (AvgIpc) is 2.63. The molecule has 2 aliphatic rings. The molecule has 0 amide bonds. The first-order chi connectivity index (χ1) is 13.8. The minimum atomic E-state index is -3.69. The monoisotopic (exact) mass is 433 g/mol. The van der Waals surface area contributed by atoms with Crippen LogP contribution >= 0.6 is 11.6 Å². The molecule has 0 aliphatic heterocycles.